The van der Waals surface area contributed by atoms with E-state index in [9.17, 15) is 0 Å². The van der Waals surface area contributed by atoms with Crippen LogP contribution in [0.1, 0.15) is 121 Å². The van der Waals surface area contributed by atoms with Crippen LogP contribution in [0.25, 0.3) is 0 Å². The van der Waals surface area contributed by atoms with Gasteiger partial charge in [0.05, 0.1) is 0 Å². The highest BCUT2D eigenvalue weighted by Gasteiger charge is 2.31. The van der Waals surface area contributed by atoms with Crippen LogP contribution in [0.4, 0.5) is 0 Å². The lowest BCUT2D eigenvalue weighted by Gasteiger charge is -2.38. The van der Waals surface area contributed by atoms with E-state index in [-0.39, 0.29) is 0 Å². The average molecular weight is 369 g/mol. The summed E-state index contributed by atoms with van der Waals surface area (Å²) in [5.74, 6) is 4.00. The monoisotopic (exact) mass is 368 g/mol. The van der Waals surface area contributed by atoms with Crippen LogP contribution in [0.3, 0.4) is 0 Å². The first-order chi connectivity index (χ1) is 13.3. The van der Waals surface area contributed by atoms with Gasteiger partial charge in [0.15, 0.2) is 0 Å². The van der Waals surface area contributed by atoms with Crippen LogP contribution in [0.5, 0.6) is 0 Å². The van der Waals surface area contributed by atoms with Crippen molar-refractivity contribution < 1.29 is 0 Å². The Kier molecular flexibility index (Phi) is 8.75. The molecule has 1 aromatic rings. The van der Waals surface area contributed by atoms with Gasteiger partial charge in [0.2, 0.25) is 0 Å². The van der Waals surface area contributed by atoms with Crippen molar-refractivity contribution in [1.29, 1.82) is 0 Å². The Morgan fingerprint density at radius 1 is 0.667 bits per heavy atom. The zero-order valence-corrected chi connectivity index (χ0v) is 18.2. The summed E-state index contributed by atoms with van der Waals surface area (Å²) in [5.41, 5.74) is 3.17. The highest BCUT2D eigenvalue weighted by Crippen LogP contribution is 2.44. The zero-order valence-electron chi connectivity index (χ0n) is 18.2. The molecule has 2 aliphatic carbocycles. The third-order valence-corrected chi connectivity index (χ3v) is 7.80. The molecule has 3 rings (SSSR count). The minimum Gasteiger partial charge on any atom is -0.0654 e. The van der Waals surface area contributed by atoms with E-state index in [1.807, 2.05) is 0 Å². The fraction of sp³-hybridized carbons (Fsp3) is 0.778. The molecule has 0 aromatic heterocycles. The molecule has 0 radical (unpaired) electrons. The molecule has 2 saturated carbocycles. The van der Waals surface area contributed by atoms with E-state index in [0.717, 1.165) is 23.7 Å². The summed E-state index contributed by atoms with van der Waals surface area (Å²) >= 11 is 0. The van der Waals surface area contributed by atoms with Gasteiger partial charge in [-0.25, -0.2) is 0 Å². The predicted octanol–water partition coefficient (Wildman–Crippen LogP) is 8.69. The molecule has 0 amide bonds. The maximum atomic E-state index is 2.45. The topological polar surface area (TPSA) is 0 Å². The average Bonchev–Trinajstić information content (AvgIpc) is 2.73. The second kappa shape index (κ2) is 11.3. The Labute approximate surface area is 169 Å². The summed E-state index contributed by atoms with van der Waals surface area (Å²) in [6, 6.07) is 9.75. The van der Waals surface area contributed by atoms with E-state index < -0.39 is 0 Å². The molecule has 27 heavy (non-hydrogen) atoms. The van der Waals surface area contributed by atoms with Crippen molar-refractivity contribution in [3.8, 4) is 0 Å². The molecule has 0 spiro atoms. The SMILES string of the molecule is CCCCCCc1ccc(C2CCC(C3CCC(CCC)CC3)CC2)cc1. The van der Waals surface area contributed by atoms with E-state index >= 15 is 0 Å². The van der Waals surface area contributed by atoms with Gasteiger partial charge in [0.1, 0.15) is 0 Å². The molecule has 2 aliphatic rings. The fourth-order valence-electron chi connectivity index (χ4n) is 5.99. The van der Waals surface area contributed by atoms with Crippen LogP contribution in [-0.2, 0) is 6.42 Å². The van der Waals surface area contributed by atoms with Gasteiger partial charge in [-0.1, -0.05) is 83.1 Å². The molecule has 0 heteroatoms. The third-order valence-electron chi connectivity index (χ3n) is 7.80. The molecule has 0 heterocycles. The van der Waals surface area contributed by atoms with Crippen LogP contribution in [0.2, 0.25) is 0 Å². The molecule has 1 aromatic carbocycles. The largest absolute Gasteiger partial charge is 0.0654 e. The smallest absolute Gasteiger partial charge is 0.0162 e. The first kappa shape index (κ1) is 20.9. The molecule has 2 fully saturated rings. The number of unbranched alkanes of at least 4 members (excludes halogenated alkanes) is 3. The van der Waals surface area contributed by atoms with Crippen molar-refractivity contribution in [3.63, 3.8) is 0 Å². The molecular formula is C27H44. The Morgan fingerprint density at radius 3 is 1.89 bits per heavy atom. The minimum atomic E-state index is 0.840. The van der Waals surface area contributed by atoms with Crippen molar-refractivity contribution >= 4 is 0 Å². The van der Waals surface area contributed by atoms with Crippen molar-refractivity contribution in [2.45, 2.75) is 116 Å². The Hall–Kier alpha value is -0.780. The number of benzene rings is 1. The normalized spacial score (nSPS) is 29.0. The van der Waals surface area contributed by atoms with E-state index in [1.165, 1.54) is 96.3 Å². The van der Waals surface area contributed by atoms with Gasteiger partial charge < -0.3 is 0 Å². The first-order valence-electron chi connectivity index (χ1n) is 12.4. The summed E-state index contributed by atoms with van der Waals surface area (Å²) in [7, 11) is 0. The van der Waals surface area contributed by atoms with E-state index in [1.54, 1.807) is 11.1 Å². The van der Waals surface area contributed by atoms with Gasteiger partial charge in [-0.2, -0.15) is 0 Å². The van der Waals surface area contributed by atoms with Gasteiger partial charge in [0.25, 0.3) is 0 Å². The first-order valence-corrected chi connectivity index (χ1v) is 12.4. The Morgan fingerprint density at radius 2 is 1.30 bits per heavy atom. The van der Waals surface area contributed by atoms with Crippen LogP contribution in [0, 0.1) is 17.8 Å². The molecule has 0 nitrogen and oxygen atoms in total. The molecule has 0 saturated heterocycles. The predicted molar refractivity (Wildman–Crippen MR) is 119 cm³/mol. The van der Waals surface area contributed by atoms with Crippen molar-refractivity contribution in [2.75, 3.05) is 0 Å². The quantitative estimate of drug-likeness (QED) is 0.382. The Bertz CT molecular complexity index is 497. The van der Waals surface area contributed by atoms with E-state index in [4.69, 9.17) is 0 Å². The summed E-state index contributed by atoms with van der Waals surface area (Å²) < 4.78 is 0. The van der Waals surface area contributed by atoms with Crippen LogP contribution < -0.4 is 0 Å². The van der Waals surface area contributed by atoms with Crippen molar-refractivity contribution in [2.24, 2.45) is 17.8 Å². The van der Waals surface area contributed by atoms with Gasteiger partial charge in [-0.15, -0.1) is 0 Å². The van der Waals surface area contributed by atoms with Crippen LogP contribution >= 0.6 is 0 Å². The lowest BCUT2D eigenvalue weighted by Crippen LogP contribution is -2.25. The lowest BCUT2D eigenvalue weighted by molar-refractivity contribution is 0.156. The molecule has 0 unspecified atom stereocenters. The van der Waals surface area contributed by atoms with Gasteiger partial charge >= 0.3 is 0 Å². The molecule has 0 bridgehead atoms. The number of hydrogen-bond donors (Lipinski definition) is 0. The zero-order chi connectivity index (χ0) is 18.9. The van der Waals surface area contributed by atoms with Gasteiger partial charge in [-0.05, 0) is 86.2 Å². The summed E-state index contributed by atoms with van der Waals surface area (Å²) in [6.07, 6.45) is 21.6. The molecule has 0 aliphatic heterocycles. The molecule has 0 N–H and O–H groups in total. The highest BCUT2D eigenvalue weighted by atomic mass is 14.4. The summed E-state index contributed by atoms with van der Waals surface area (Å²) in [6.45, 7) is 4.65. The standard InChI is InChI=1S/C27H44/c1-3-5-6-7-9-23-12-16-25(17-13-23)27-20-18-26(19-21-27)24-14-10-22(8-4-2)11-15-24/h12-13,16-17,22,24,26-27H,3-11,14-15,18-21H2,1-2H3. The summed E-state index contributed by atoms with van der Waals surface area (Å²) in [4.78, 5) is 0. The highest BCUT2D eigenvalue weighted by molar-refractivity contribution is 5.26. The van der Waals surface area contributed by atoms with Gasteiger partial charge in [-0.3, -0.25) is 0 Å². The molecular weight excluding hydrogens is 324 g/mol. The summed E-state index contributed by atoms with van der Waals surface area (Å²) in [5, 5.41) is 0. The minimum absolute atomic E-state index is 0.840. The number of aryl methyl sites for hydroxylation is 1. The number of rotatable bonds is 9. The Balaban J connectivity index is 1.40. The van der Waals surface area contributed by atoms with Crippen LogP contribution in [0.15, 0.2) is 24.3 Å². The fourth-order valence-corrected chi connectivity index (χ4v) is 5.99. The van der Waals surface area contributed by atoms with Crippen LogP contribution in [-0.4, -0.2) is 0 Å². The lowest BCUT2D eigenvalue weighted by atomic mass is 9.68. The van der Waals surface area contributed by atoms with E-state index in [0.29, 0.717) is 0 Å². The maximum Gasteiger partial charge on any atom is -0.0162 e. The van der Waals surface area contributed by atoms with Crippen molar-refractivity contribution in [3.05, 3.63) is 35.4 Å². The van der Waals surface area contributed by atoms with Gasteiger partial charge in [0, 0.05) is 0 Å². The molecule has 152 valence electrons. The van der Waals surface area contributed by atoms with E-state index in [2.05, 4.69) is 38.1 Å². The maximum absolute atomic E-state index is 2.45. The van der Waals surface area contributed by atoms with Crippen molar-refractivity contribution in [1.82, 2.24) is 0 Å². The third kappa shape index (κ3) is 6.37. The second-order valence-corrected chi connectivity index (χ2v) is 9.73. The number of hydrogen-bond acceptors (Lipinski definition) is 0. The second-order valence-electron chi connectivity index (χ2n) is 9.73. The molecule has 0 atom stereocenters.